The van der Waals surface area contributed by atoms with Gasteiger partial charge in [-0.15, -0.1) is 0 Å². The molecule has 8 heteroatoms. The van der Waals surface area contributed by atoms with Crippen molar-refractivity contribution in [2.45, 2.75) is 6.43 Å². The number of benzene rings is 2. The number of halogens is 6. The van der Waals surface area contributed by atoms with Crippen molar-refractivity contribution in [1.82, 2.24) is 0 Å². The third kappa shape index (κ3) is 2.63. The fourth-order valence-corrected chi connectivity index (χ4v) is 1.78. The van der Waals surface area contributed by atoms with Gasteiger partial charge < -0.3 is 5.11 Å². The molecule has 0 heterocycles. The predicted molar refractivity (Wildman–Crippen MR) is 62.8 cm³/mol. The van der Waals surface area contributed by atoms with Gasteiger partial charge in [-0.2, -0.15) is 0 Å². The fourth-order valence-electron chi connectivity index (χ4n) is 1.78. The van der Waals surface area contributed by atoms with Crippen LogP contribution < -0.4 is 5.11 Å². The van der Waals surface area contributed by atoms with Gasteiger partial charge in [-0.25, -0.2) is 26.3 Å². The highest BCUT2D eigenvalue weighted by Crippen LogP contribution is 2.28. The van der Waals surface area contributed by atoms with Gasteiger partial charge in [0, 0.05) is 10.8 Å². The summed E-state index contributed by atoms with van der Waals surface area (Å²) in [6.07, 6.45) is -3.31. The molecule has 116 valence electrons. The molecule has 0 radical (unpaired) electrons. The van der Waals surface area contributed by atoms with Crippen LogP contribution in [0, 0.1) is 23.3 Å². The number of carbonyl (C=O) groups excluding carboxylic acids is 1. The molecule has 0 aliphatic heterocycles. The highest BCUT2D eigenvalue weighted by molar-refractivity contribution is 5.98. The molecule has 2 aromatic rings. The average molecular weight is 319 g/mol. The van der Waals surface area contributed by atoms with Gasteiger partial charge in [-0.3, -0.25) is 4.79 Å². The molecule has 0 saturated heterocycles. The van der Waals surface area contributed by atoms with Crippen molar-refractivity contribution in [3.05, 3.63) is 53.1 Å². The van der Waals surface area contributed by atoms with Crippen LogP contribution in [0.2, 0.25) is 0 Å². The summed E-state index contributed by atoms with van der Waals surface area (Å²) < 4.78 is 77.3. The van der Waals surface area contributed by atoms with Crippen LogP contribution >= 0.6 is 0 Å². The maximum atomic E-state index is 13.6. The Labute approximate surface area is 119 Å². The molecule has 0 amide bonds. The molecular weight excluding hydrogens is 314 g/mol. The lowest BCUT2D eigenvalue weighted by Crippen LogP contribution is -2.11. The maximum Gasteiger partial charge on any atom is 0.299 e. The van der Waals surface area contributed by atoms with Crippen LogP contribution in [0.5, 0.6) is 0 Å². The van der Waals surface area contributed by atoms with E-state index in [0.29, 0.717) is 6.07 Å². The number of hydrogen-bond acceptors (Lipinski definition) is 2. The molecule has 0 aliphatic rings. The predicted octanol–water partition coefficient (Wildman–Crippen LogP) is 2.93. The minimum absolute atomic E-state index is 0.0833. The van der Waals surface area contributed by atoms with Gasteiger partial charge in [0.1, 0.15) is 0 Å². The highest BCUT2D eigenvalue weighted by atomic mass is 19.3. The second kappa shape index (κ2) is 5.70. The summed E-state index contributed by atoms with van der Waals surface area (Å²) >= 11 is 0. The lowest BCUT2D eigenvalue weighted by molar-refractivity contribution is -0.244. The highest BCUT2D eigenvalue weighted by Gasteiger charge is 2.20. The minimum Gasteiger partial charge on any atom is -0.872 e. The lowest BCUT2D eigenvalue weighted by atomic mass is 10.0. The molecule has 0 unspecified atom stereocenters. The monoisotopic (exact) mass is 319 g/mol. The zero-order chi connectivity index (χ0) is 16.6. The summed E-state index contributed by atoms with van der Waals surface area (Å²) in [6.45, 7) is 0. The first kappa shape index (κ1) is 15.9. The first-order valence-electron chi connectivity index (χ1n) is 5.70. The quantitative estimate of drug-likeness (QED) is 0.287. The second-order valence-electron chi connectivity index (χ2n) is 4.23. The zero-order valence-electron chi connectivity index (χ0n) is 10.5. The van der Waals surface area contributed by atoms with Crippen molar-refractivity contribution >= 4 is 22.3 Å². The first-order valence-corrected chi connectivity index (χ1v) is 5.70. The molecule has 0 N–H and O–H groups in total. The van der Waals surface area contributed by atoms with Crippen molar-refractivity contribution in [3.8, 4) is 0 Å². The second-order valence-corrected chi connectivity index (χ2v) is 4.23. The Morgan fingerprint density at radius 1 is 0.955 bits per heavy atom. The molecule has 0 saturated carbocycles. The summed E-state index contributed by atoms with van der Waals surface area (Å²) in [6, 6.07) is 2.30. The van der Waals surface area contributed by atoms with Crippen LogP contribution in [0.3, 0.4) is 0 Å². The number of carbonyl (C=O) groups is 1. The SMILES string of the molecule is O=C(/C=C(\[O-])c1ccc2c(F)c(F)c(F)c(F)c2c1)C(F)F. The Kier molecular flexibility index (Phi) is 4.11. The van der Waals surface area contributed by atoms with Crippen molar-refractivity contribution in [2.24, 2.45) is 0 Å². The number of hydrogen-bond donors (Lipinski definition) is 0. The zero-order valence-corrected chi connectivity index (χ0v) is 10.5. The summed E-state index contributed by atoms with van der Waals surface area (Å²) in [7, 11) is 0. The van der Waals surface area contributed by atoms with Gasteiger partial charge in [-0.05, 0) is 17.7 Å². The Morgan fingerprint density at radius 2 is 1.50 bits per heavy atom. The van der Waals surface area contributed by atoms with Crippen LogP contribution in [0.1, 0.15) is 5.56 Å². The van der Waals surface area contributed by atoms with Gasteiger partial charge in [0.05, 0.1) is 0 Å². The van der Waals surface area contributed by atoms with Crippen LogP contribution in [0.25, 0.3) is 16.5 Å². The average Bonchev–Trinajstić information content (AvgIpc) is 2.49. The first-order chi connectivity index (χ1) is 10.2. The van der Waals surface area contributed by atoms with Gasteiger partial charge in [0.15, 0.2) is 23.3 Å². The summed E-state index contributed by atoms with van der Waals surface area (Å²) in [4.78, 5) is 10.7. The Morgan fingerprint density at radius 3 is 2.05 bits per heavy atom. The third-order valence-electron chi connectivity index (χ3n) is 2.84. The molecule has 0 spiro atoms. The van der Waals surface area contributed by atoms with Gasteiger partial charge in [-0.1, -0.05) is 17.9 Å². The molecule has 2 aromatic carbocycles. The molecule has 0 aliphatic carbocycles. The number of rotatable bonds is 3. The molecule has 0 atom stereocenters. The lowest BCUT2D eigenvalue weighted by Gasteiger charge is -2.13. The molecule has 2 nitrogen and oxygen atoms in total. The van der Waals surface area contributed by atoms with Crippen molar-refractivity contribution < 1.29 is 36.2 Å². The topological polar surface area (TPSA) is 40.1 Å². The molecule has 0 bridgehead atoms. The van der Waals surface area contributed by atoms with Crippen molar-refractivity contribution in [2.75, 3.05) is 0 Å². The van der Waals surface area contributed by atoms with Gasteiger partial charge in [0.2, 0.25) is 5.78 Å². The number of fused-ring (bicyclic) bond motifs is 1. The van der Waals surface area contributed by atoms with E-state index in [1.807, 2.05) is 0 Å². The van der Waals surface area contributed by atoms with E-state index in [0.717, 1.165) is 12.1 Å². The van der Waals surface area contributed by atoms with Gasteiger partial charge >= 0.3 is 0 Å². The Balaban J connectivity index is 2.63. The van der Waals surface area contributed by atoms with E-state index in [-0.39, 0.29) is 6.08 Å². The van der Waals surface area contributed by atoms with Crippen molar-refractivity contribution in [1.29, 1.82) is 0 Å². The van der Waals surface area contributed by atoms with E-state index in [2.05, 4.69) is 0 Å². The molecular formula is C14H5F6O2-. The maximum absolute atomic E-state index is 13.6. The molecule has 0 aromatic heterocycles. The fraction of sp³-hybridized carbons (Fsp3) is 0.0714. The molecule has 0 fully saturated rings. The third-order valence-corrected chi connectivity index (χ3v) is 2.84. The van der Waals surface area contributed by atoms with Crippen LogP contribution in [0.4, 0.5) is 26.3 Å². The standard InChI is InChI=1S/C14H6F6O2/c15-10-6-2-1-5(8(21)4-9(22)14(19)20)3-7(6)11(16)13(18)12(10)17/h1-4,14,21H/p-1/b8-4-. The summed E-state index contributed by atoms with van der Waals surface area (Å²) in [5.74, 6) is -10.4. The molecule has 22 heavy (non-hydrogen) atoms. The van der Waals surface area contributed by atoms with E-state index >= 15 is 0 Å². The summed E-state index contributed by atoms with van der Waals surface area (Å²) in [5.41, 5.74) is -0.453. The van der Waals surface area contributed by atoms with Gasteiger partial charge in [0.25, 0.3) is 6.43 Å². The Hall–Kier alpha value is -2.51. The van der Waals surface area contributed by atoms with Crippen LogP contribution in [-0.4, -0.2) is 12.2 Å². The van der Waals surface area contributed by atoms with E-state index in [1.165, 1.54) is 0 Å². The number of alkyl halides is 2. The molecule has 2 rings (SSSR count). The van der Waals surface area contributed by atoms with E-state index in [4.69, 9.17) is 0 Å². The van der Waals surface area contributed by atoms with Crippen LogP contribution in [-0.2, 0) is 4.79 Å². The number of allylic oxidation sites excluding steroid dienone is 1. The van der Waals surface area contributed by atoms with E-state index < -0.39 is 57.6 Å². The normalized spacial score (nSPS) is 12.2. The summed E-state index contributed by atoms with van der Waals surface area (Å²) in [5, 5.41) is 10.2. The smallest absolute Gasteiger partial charge is 0.299 e. The van der Waals surface area contributed by atoms with Crippen molar-refractivity contribution in [3.63, 3.8) is 0 Å². The van der Waals surface area contributed by atoms with E-state index in [9.17, 15) is 36.2 Å². The minimum atomic E-state index is -3.40. The largest absolute Gasteiger partial charge is 0.872 e. The van der Waals surface area contributed by atoms with E-state index in [1.54, 1.807) is 0 Å². The Bertz CT molecular complexity index is 798. The van der Waals surface area contributed by atoms with Crippen LogP contribution in [0.15, 0.2) is 24.3 Å². The number of ketones is 1.